The molecule has 2 fully saturated rings. The van der Waals surface area contributed by atoms with Crippen LogP contribution in [0.25, 0.3) is 0 Å². The van der Waals surface area contributed by atoms with Gasteiger partial charge in [-0.15, -0.1) is 0 Å². The number of benzene rings is 1. The Hall–Kier alpha value is -2.63. The van der Waals surface area contributed by atoms with E-state index in [9.17, 15) is 4.79 Å². The van der Waals surface area contributed by atoms with E-state index < -0.39 is 0 Å². The molecule has 6 nitrogen and oxygen atoms in total. The van der Waals surface area contributed by atoms with Crippen LogP contribution in [0.1, 0.15) is 51.0 Å². The van der Waals surface area contributed by atoms with Gasteiger partial charge >= 0.3 is 6.01 Å². The molecule has 1 saturated carbocycles. The molecular weight excluding hydrogens is 354 g/mol. The summed E-state index contributed by atoms with van der Waals surface area (Å²) in [5.74, 6) is 1.32. The Morgan fingerprint density at radius 2 is 1.79 bits per heavy atom. The number of carbonyl (C=O) groups is 1. The van der Waals surface area contributed by atoms with Crippen molar-refractivity contribution in [2.75, 3.05) is 18.0 Å². The van der Waals surface area contributed by atoms with Gasteiger partial charge in [0.15, 0.2) is 0 Å². The third-order valence-corrected chi connectivity index (χ3v) is 5.50. The first-order valence-corrected chi connectivity index (χ1v) is 10.1. The fourth-order valence-electron chi connectivity index (χ4n) is 3.51. The summed E-state index contributed by atoms with van der Waals surface area (Å²) in [6.45, 7) is 5.34. The maximum atomic E-state index is 11.3. The third kappa shape index (κ3) is 4.43. The Morgan fingerprint density at radius 1 is 1.11 bits per heavy atom. The molecule has 0 radical (unpaired) electrons. The highest BCUT2D eigenvalue weighted by Crippen LogP contribution is 2.27. The Bertz CT molecular complexity index is 797. The Balaban J connectivity index is 1.24. The summed E-state index contributed by atoms with van der Waals surface area (Å²) in [6, 6.07) is 8.55. The molecule has 148 valence electrons. The molecule has 0 bridgehead atoms. The molecule has 0 N–H and O–H groups in total. The van der Waals surface area contributed by atoms with Crippen LogP contribution in [0, 0.1) is 0 Å². The molecule has 2 aliphatic rings. The van der Waals surface area contributed by atoms with Crippen LogP contribution >= 0.6 is 0 Å². The smallest absolute Gasteiger partial charge is 0.316 e. The fraction of sp³-hybridized carbons (Fsp3) is 0.500. The average molecular weight is 381 g/mol. The van der Waals surface area contributed by atoms with Crippen LogP contribution < -0.4 is 14.4 Å². The summed E-state index contributed by atoms with van der Waals surface area (Å²) >= 11 is 0. The number of aromatic nitrogens is 2. The minimum atomic E-state index is 0.159. The zero-order chi connectivity index (χ0) is 19.5. The van der Waals surface area contributed by atoms with E-state index in [1.54, 1.807) is 6.92 Å². The van der Waals surface area contributed by atoms with Gasteiger partial charge in [0.1, 0.15) is 23.7 Å². The molecule has 1 aliphatic heterocycles. The van der Waals surface area contributed by atoms with Crippen molar-refractivity contribution in [3.8, 4) is 11.8 Å². The lowest BCUT2D eigenvalue weighted by Crippen LogP contribution is -2.54. The highest BCUT2D eigenvalue weighted by Gasteiger charge is 2.29. The van der Waals surface area contributed by atoms with Crippen LogP contribution in [0.2, 0.25) is 0 Å². The standard InChI is InChI=1S/C22H27N3O3/c1-15(10-16(2)26)17-6-8-20(9-7-17)27-21-13-25(14-21)18-11-23-22(24-12-18)28-19-4-3-5-19/h6-9,11-12,15,19,21H,3-5,10,13-14H2,1-2H3. The van der Waals surface area contributed by atoms with Crippen LogP contribution in [0.3, 0.4) is 0 Å². The van der Waals surface area contributed by atoms with Crippen molar-refractivity contribution in [3.05, 3.63) is 42.2 Å². The lowest BCUT2D eigenvalue weighted by molar-refractivity contribution is -0.117. The molecule has 2 heterocycles. The largest absolute Gasteiger partial charge is 0.487 e. The molecule has 1 aromatic carbocycles. The van der Waals surface area contributed by atoms with E-state index in [4.69, 9.17) is 9.47 Å². The zero-order valence-electron chi connectivity index (χ0n) is 16.5. The van der Waals surface area contributed by atoms with Gasteiger partial charge in [-0.2, -0.15) is 0 Å². The number of rotatable bonds is 8. The molecule has 6 heteroatoms. The van der Waals surface area contributed by atoms with Gasteiger partial charge in [0.25, 0.3) is 0 Å². The molecule has 1 atom stereocenters. The van der Waals surface area contributed by atoms with Crippen molar-refractivity contribution < 1.29 is 14.3 Å². The monoisotopic (exact) mass is 381 g/mol. The summed E-state index contributed by atoms with van der Waals surface area (Å²) < 4.78 is 11.7. The number of nitrogens with zero attached hydrogens (tertiary/aromatic N) is 3. The second kappa shape index (κ2) is 8.17. The second-order valence-corrected chi connectivity index (χ2v) is 7.92. The van der Waals surface area contributed by atoms with Crippen molar-refractivity contribution in [3.63, 3.8) is 0 Å². The van der Waals surface area contributed by atoms with Gasteiger partial charge in [0, 0.05) is 6.42 Å². The Kier molecular flexibility index (Phi) is 5.46. The maximum absolute atomic E-state index is 11.3. The molecule has 0 amide bonds. The molecule has 0 spiro atoms. The van der Waals surface area contributed by atoms with Crippen molar-refractivity contribution >= 4 is 11.5 Å². The molecular formula is C22H27N3O3. The first-order chi connectivity index (χ1) is 13.6. The highest BCUT2D eigenvalue weighted by molar-refractivity contribution is 5.76. The molecule has 1 aromatic heterocycles. The molecule has 2 aromatic rings. The Morgan fingerprint density at radius 3 is 2.36 bits per heavy atom. The molecule has 1 unspecified atom stereocenters. The fourth-order valence-corrected chi connectivity index (χ4v) is 3.51. The topological polar surface area (TPSA) is 64.5 Å². The van der Waals surface area contributed by atoms with E-state index in [2.05, 4.69) is 21.8 Å². The van der Waals surface area contributed by atoms with Gasteiger partial charge in [-0.25, -0.2) is 9.97 Å². The predicted octanol–water partition coefficient (Wildman–Crippen LogP) is 3.76. The van der Waals surface area contributed by atoms with Crippen molar-refractivity contribution in [1.82, 2.24) is 9.97 Å². The highest BCUT2D eigenvalue weighted by atomic mass is 16.5. The number of hydrogen-bond donors (Lipinski definition) is 0. The van der Waals surface area contributed by atoms with Crippen LogP contribution in [0.4, 0.5) is 5.69 Å². The van der Waals surface area contributed by atoms with Gasteiger partial charge in [0.2, 0.25) is 0 Å². The molecule has 4 rings (SSSR count). The normalized spacial score (nSPS) is 18.1. The number of hydrogen-bond acceptors (Lipinski definition) is 6. The molecule has 1 aliphatic carbocycles. The lowest BCUT2D eigenvalue weighted by atomic mass is 9.96. The van der Waals surface area contributed by atoms with E-state index >= 15 is 0 Å². The SMILES string of the molecule is CC(=O)CC(C)c1ccc(OC2CN(c3cnc(OC4CCC4)nc3)C2)cc1. The van der Waals surface area contributed by atoms with Gasteiger partial charge in [-0.3, -0.25) is 0 Å². The lowest BCUT2D eigenvalue weighted by Gasteiger charge is -2.40. The van der Waals surface area contributed by atoms with Crippen molar-refractivity contribution in [2.24, 2.45) is 0 Å². The van der Waals surface area contributed by atoms with E-state index in [0.29, 0.717) is 18.5 Å². The molecule has 28 heavy (non-hydrogen) atoms. The van der Waals surface area contributed by atoms with Crippen LogP contribution in [0.5, 0.6) is 11.8 Å². The van der Waals surface area contributed by atoms with Crippen LogP contribution in [0.15, 0.2) is 36.7 Å². The third-order valence-electron chi connectivity index (χ3n) is 5.50. The van der Waals surface area contributed by atoms with E-state index in [1.807, 2.05) is 36.7 Å². The van der Waals surface area contributed by atoms with E-state index in [1.165, 1.54) is 12.0 Å². The quantitative estimate of drug-likeness (QED) is 0.694. The minimum absolute atomic E-state index is 0.159. The number of ether oxygens (including phenoxy) is 2. The van der Waals surface area contributed by atoms with Gasteiger partial charge in [-0.05, 0) is 49.8 Å². The van der Waals surface area contributed by atoms with Crippen LogP contribution in [-0.4, -0.2) is 41.0 Å². The van der Waals surface area contributed by atoms with Gasteiger partial charge in [0.05, 0.1) is 31.2 Å². The first-order valence-electron chi connectivity index (χ1n) is 10.1. The van der Waals surface area contributed by atoms with Crippen molar-refractivity contribution in [2.45, 2.75) is 57.7 Å². The maximum Gasteiger partial charge on any atom is 0.316 e. The second-order valence-electron chi connectivity index (χ2n) is 7.92. The number of carbonyl (C=O) groups excluding carboxylic acids is 1. The number of ketones is 1. The summed E-state index contributed by atoms with van der Waals surface area (Å²) in [5.41, 5.74) is 2.16. The first kappa shape index (κ1) is 18.7. The van der Waals surface area contributed by atoms with Gasteiger partial charge in [-0.1, -0.05) is 19.1 Å². The van der Waals surface area contributed by atoms with E-state index in [0.717, 1.165) is 37.4 Å². The number of anilines is 1. The number of Topliss-reactive ketones (excluding diaryl/α,β-unsaturated/α-hetero) is 1. The summed E-state index contributed by atoms with van der Waals surface area (Å²) in [6.07, 6.45) is 8.11. The molecule has 1 saturated heterocycles. The summed E-state index contributed by atoms with van der Waals surface area (Å²) in [5, 5.41) is 0. The van der Waals surface area contributed by atoms with E-state index in [-0.39, 0.29) is 17.8 Å². The predicted molar refractivity (Wildman–Crippen MR) is 107 cm³/mol. The average Bonchev–Trinajstić information content (AvgIpc) is 2.61. The zero-order valence-corrected chi connectivity index (χ0v) is 16.5. The summed E-state index contributed by atoms with van der Waals surface area (Å²) in [4.78, 5) is 22.1. The summed E-state index contributed by atoms with van der Waals surface area (Å²) in [7, 11) is 0. The minimum Gasteiger partial charge on any atom is -0.487 e. The Labute approximate surface area is 165 Å². The van der Waals surface area contributed by atoms with Gasteiger partial charge < -0.3 is 19.2 Å². The van der Waals surface area contributed by atoms with Crippen LogP contribution in [-0.2, 0) is 4.79 Å². The van der Waals surface area contributed by atoms with Crippen molar-refractivity contribution in [1.29, 1.82) is 0 Å².